The molecule has 0 radical (unpaired) electrons. The van der Waals surface area contributed by atoms with Crippen molar-refractivity contribution in [1.29, 1.82) is 0 Å². The molecule has 0 aliphatic carbocycles. The third kappa shape index (κ3) is 3.30. The Morgan fingerprint density at radius 2 is 2.26 bits per heavy atom. The highest BCUT2D eigenvalue weighted by Crippen LogP contribution is 2.19. The third-order valence-corrected chi connectivity index (χ3v) is 2.38. The molecule has 0 amide bonds. The van der Waals surface area contributed by atoms with E-state index in [1.54, 1.807) is 13.0 Å². The highest BCUT2D eigenvalue weighted by molar-refractivity contribution is 5.40. The number of hydrogen-bond donors (Lipinski definition) is 1. The van der Waals surface area contributed by atoms with Gasteiger partial charge < -0.3 is 10.5 Å². The molecule has 1 aromatic carbocycles. The van der Waals surface area contributed by atoms with Crippen LogP contribution in [-0.2, 0) is 6.61 Å². The summed E-state index contributed by atoms with van der Waals surface area (Å²) in [5.74, 6) is 5.14. The molecule has 0 saturated carbocycles. The summed E-state index contributed by atoms with van der Waals surface area (Å²) < 4.78 is 23.4. The van der Waals surface area contributed by atoms with Crippen LogP contribution in [0.1, 0.15) is 17.0 Å². The molecular weight excluding hydrogens is 249 g/mol. The number of hydrogen-bond acceptors (Lipinski definition) is 5. The molecule has 0 aliphatic heterocycles. The smallest absolute Gasteiger partial charge is 0.165 e. The fourth-order valence-corrected chi connectivity index (χ4v) is 1.37. The van der Waals surface area contributed by atoms with Gasteiger partial charge in [0.25, 0.3) is 0 Å². The normalized spacial score (nSPS) is 9.84. The van der Waals surface area contributed by atoms with Gasteiger partial charge in [-0.15, -0.1) is 0 Å². The van der Waals surface area contributed by atoms with E-state index in [2.05, 4.69) is 26.8 Å². The lowest BCUT2D eigenvalue weighted by Crippen LogP contribution is -2.00. The average Bonchev–Trinajstić information content (AvgIpc) is 2.82. The molecule has 0 fully saturated rings. The Bertz CT molecular complexity index is 628. The predicted molar refractivity (Wildman–Crippen MR) is 65.7 cm³/mol. The zero-order valence-electron chi connectivity index (χ0n) is 10.3. The number of ether oxygens (including phenoxy) is 1. The van der Waals surface area contributed by atoms with Gasteiger partial charge in [0, 0.05) is 5.56 Å². The van der Waals surface area contributed by atoms with E-state index in [4.69, 9.17) is 10.5 Å². The SMILES string of the molecule is Cc1nonc1COc1cc(C#CCN)ccc1F. The Hall–Kier alpha value is -2.39. The number of nitrogens with two attached hydrogens (primary N) is 1. The molecule has 0 bridgehead atoms. The monoisotopic (exact) mass is 261 g/mol. The maximum Gasteiger partial charge on any atom is 0.165 e. The molecule has 19 heavy (non-hydrogen) atoms. The van der Waals surface area contributed by atoms with Gasteiger partial charge in [-0.1, -0.05) is 22.2 Å². The van der Waals surface area contributed by atoms with Gasteiger partial charge in [-0.2, -0.15) is 0 Å². The van der Waals surface area contributed by atoms with Crippen LogP contribution in [0.25, 0.3) is 0 Å². The first-order valence-corrected chi connectivity index (χ1v) is 5.60. The van der Waals surface area contributed by atoms with E-state index in [0.29, 0.717) is 17.0 Å². The zero-order chi connectivity index (χ0) is 13.7. The van der Waals surface area contributed by atoms with E-state index in [1.807, 2.05) is 0 Å². The van der Waals surface area contributed by atoms with Gasteiger partial charge in [0.2, 0.25) is 0 Å². The van der Waals surface area contributed by atoms with E-state index in [0.717, 1.165) is 0 Å². The van der Waals surface area contributed by atoms with Crippen molar-refractivity contribution in [3.05, 3.63) is 41.0 Å². The molecule has 1 aromatic heterocycles. The number of halogens is 1. The standard InChI is InChI=1S/C13H12FN3O2/c1-9-12(17-19-16-9)8-18-13-7-10(3-2-6-15)4-5-11(13)14/h4-5,7H,6,8,15H2,1H3. The van der Waals surface area contributed by atoms with Crippen molar-refractivity contribution in [2.45, 2.75) is 13.5 Å². The quantitative estimate of drug-likeness (QED) is 0.845. The first kappa shape index (κ1) is 13.1. The van der Waals surface area contributed by atoms with Crippen LogP contribution in [0.15, 0.2) is 22.8 Å². The van der Waals surface area contributed by atoms with Gasteiger partial charge in [0.15, 0.2) is 11.6 Å². The number of aromatic nitrogens is 2. The molecule has 6 heteroatoms. The van der Waals surface area contributed by atoms with E-state index >= 15 is 0 Å². The summed E-state index contributed by atoms with van der Waals surface area (Å²) in [6.07, 6.45) is 0. The first-order chi connectivity index (χ1) is 9.20. The van der Waals surface area contributed by atoms with Crippen LogP contribution in [0.5, 0.6) is 5.75 Å². The van der Waals surface area contributed by atoms with Crippen LogP contribution in [-0.4, -0.2) is 16.9 Å². The van der Waals surface area contributed by atoms with Crippen LogP contribution in [0.4, 0.5) is 4.39 Å². The van der Waals surface area contributed by atoms with Gasteiger partial charge in [-0.05, 0) is 25.1 Å². The summed E-state index contributed by atoms with van der Waals surface area (Å²) in [5, 5.41) is 7.27. The van der Waals surface area contributed by atoms with Gasteiger partial charge in [-0.3, -0.25) is 0 Å². The van der Waals surface area contributed by atoms with Crippen molar-refractivity contribution in [1.82, 2.24) is 10.3 Å². The largest absolute Gasteiger partial charge is 0.484 e. The van der Waals surface area contributed by atoms with Crippen molar-refractivity contribution in [2.75, 3.05) is 6.54 Å². The number of rotatable bonds is 3. The van der Waals surface area contributed by atoms with E-state index in [1.165, 1.54) is 12.1 Å². The highest BCUT2D eigenvalue weighted by Gasteiger charge is 2.09. The van der Waals surface area contributed by atoms with Gasteiger partial charge >= 0.3 is 0 Å². The Morgan fingerprint density at radius 1 is 1.42 bits per heavy atom. The number of aryl methyl sites for hydroxylation is 1. The topological polar surface area (TPSA) is 74.2 Å². The van der Waals surface area contributed by atoms with E-state index in [-0.39, 0.29) is 18.9 Å². The molecule has 1 heterocycles. The van der Waals surface area contributed by atoms with Crippen LogP contribution >= 0.6 is 0 Å². The Kier molecular flexibility index (Phi) is 4.11. The molecule has 2 rings (SSSR count). The van der Waals surface area contributed by atoms with Crippen LogP contribution < -0.4 is 10.5 Å². The minimum absolute atomic E-state index is 0.0834. The van der Waals surface area contributed by atoms with Crippen LogP contribution in [0.3, 0.4) is 0 Å². The molecule has 98 valence electrons. The fourth-order valence-electron chi connectivity index (χ4n) is 1.37. The number of nitrogens with zero attached hydrogens (tertiary/aromatic N) is 2. The van der Waals surface area contributed by atoms with Crippen molar-refractivity contribution in [2.24, 2.45) is 5.73 Å². The Labute approximate surface area is 109 Å². The first-order valence-electron chi connectivity index (χ1n) is 5.60. The fraction of sp³-hybridized carbons (Fsp3) is 0.231. The molecular formula is C13H12FN3O2. The zero-order valence-corrected chi connectivity index (χ0v) is 10.3. The summed E-state index contributed by atoms with van der Waals surface area (Å²) in [6.45, 7) is 2.06. The second-order valence-electron chi connectivity index (χ2n) is 3.74. The lowest BCUT2D eigenvalue weighted by molar-refractivity contribution is 0.262. The highest BCUT2D eigenvalue weighted by atomic mass is 19.1. The van der Waals surface area contributed by atoms with Crippen LogP contribution in [0, 0.1) is 24.6 Å². The maximum absolute atomic E-state index is 13.6. The van der Waals surface area contributed by atoms with Crippen molar-refractivity contribution in [3.63, 3.8) is 0 Å². The lowest BCUT2D eigenvalue weighted by Gasteiger charge is -2.05. The van der Waals surface area contributed by atoms with Gasteiger partial charge in [0.1, 0.15) is 18.0 Å². The summed E-state index contributed by atoms with van der Waals surface area (Å²) in [7, 11) is 0. The Balaban J connectivity index is 2.13. The second kappa shape index (κ2) is 5.98. The summed E-state index contributed by atoms with van der Waals surface area (Å²) in [4.78, 5) is 0. The summed E-state index contributed by atoms with van der Waals surface area (Å²) in [6, 6.07) is 4.37. The Morgan fingerprint density at radius 3 is 2.95 bits per heavy atom. The molecule has 0 atom stereocenters. The molecule has 0 spiro atoms. The minimum atomic E-state index is -0.465. The average molecular weight is 261 g/mol. The summed E-state index contributed by atoms with van der Waals surface area (Å²) in [5.41, 5.74) is 7.05. The number of benzene rings is 1. The van der Waals surface area contributed by atoms with Gasteiger partial charge in [0.05, 0.1) is 6.54 Å². The van der Waals surface area contributed by atoms with E-state index < -0.39 is 5.82 Å². The molecule has 5 nitrogen and oxygen atoms in total. The minimum Gasteiger partial charge on any atom is -0.484 e. The molecule has 2 aromatic rings. The maximum atomic E-state index is 13.6. The van der Waals surface area contributed by atoms with Crippen molar-refractivity contribution >= 4 is 0 Å². The molecule has 2 N–H and O–H groups in total. The third-order valence-electron chi connectivity index (χ3n) is 2.38. The lowest BCUT2D eigenvalue weighted by atomic mass is 10.2. The van der Waals surface area contributed by atoms with Crippen molar-refractivity contribution in [3.8, 4) is 17.6 Å². The second-order valence-corrected chi connectivity index (χ2v) is 3.74. The van der Waals surface area contributed by atoms with Gasteiger partial charge in [-0.25, -0.2) is 9.02 Å². The molecule has 0 unspecified atom stereocenters. The predicted octanol–water partition coefficient (Wildman–Crippen LogP) is 1.41. The van der Waals surface area contributed by atoms with E-state index in [9.17, 15) is 4.39 Å². The van der Waals surface area contributed by atoms with Crippen LogP contribution in [0.2, 0.25) is 0 Å². The molecule has 0 saturated heterocycles. The summed E-state index contributed by atoms with van der Waals surface area (Å²) >= 11 is 0. The van der Waals surface area contributed by atoms with Crippen molar-refractivity contribution < 1.29 is 13.8 Å². The molecule has 0 aliphatic rings.